The molecule has 0 spiro atoms. The predicted molar refractivity (Wildman–Crippen MR) is 231 cm³/mol. The van der Waals surface area contributed by atoms with Gasteiger partial charge in [-0.25, -0.2) is 4.57 Å². The van der Waals surface area contributed by atoms with Crippen molar-refractivity contribution in [3.05, 3.63) is 24.3 Å². The lowest BCUT2D eigenvalue weighted by molar-refractivity contribution is -0.161. The Hall–Kier alpha value is -2.53. The summed E-state index contributed by atoms with van der Waals surface area (Å²) in [4.78, 5) is 57.6. The lowest BCUT2D eigenvalue weighted by Crippen LogP contribution is -2.30. The smallest absolute Gasteiger partial charge is 0.472 e. The van der Waals surface area contributed by atoms with E-state index in [9.17, 15) is 28.6 Å². The van der Waals surface area contributed by atoms with Gasteiger partial charge in [0.2, 0.25) is 5.91 Å². The number of carbonyl (C=O) groups excluding carboxylic acids is 3. The van der Waals surface area contributed by atoms with Gasteiger partial charge in [0, 0.05) is 25.8 Å². The molecule has 13 heteroatoms. The molecule has 0 aromatic heterocycles. The average Bonchev–Trinajstić information content (AvgIpc) is 3.19. The van der Waals surface area contributed by atoms with Crippen molar-refractivity contribution < 1.29 is 52.3 Å². The van der Waals surface area contributed by atoms with Gasteiger partial charge in [0.05, 0.1) is 19.6 Å². The zero-order valence-corrected chi connectivity index (χ0v) is 37.3. The minimum absolute atomic E-state index is 0.144. The summed E-state index contributed by atoms with van der Waals surface area (Å²) in [6, 6.07) is 0. The molecule has 0 radical (unpaired) electrons. The molecule has 0 aromatic rings. The number of hydrogen-bond acceptors (Lipinski definition) is 9. The number of esters is 2. The Morgan fingerprint density at radius 2 is 0.983 bits per heavy atom. The molecule has 2 atom stereocenters. The van der Waals surface area contributed by atoms with Crippen LogP contribution in [0.1, 0.15) is 206 Å². The summed E-state index contributed by atoms with van der Waals surface area (Å²) in [5, 5.41) is 11.1. The average molecular weight is 844 g/mol. The van der Waals surface area contributed by atoms with Gasteiger partial charge in [0.25, 0.3) is 0 Å². The predicted octanol–water partition coefficient (Wildman–Crippen LogP) is 11.6. The minimum atomic E-state index is -4.61. The van der Waals surface area contributed by atoms with E-state index >= 15 is 0 Å². The number of unbranched alkanes of at least 4 members (excludes halogenated alkanes) is 22. The number of rotatable bonds is 43. The number of phosphoric ester groups is 1. The fourth-order valence-corrected chi connectivity index (χ4v) is 6.93. The van der Waals surface area contributed by atoms with Gasteiger partial charge >= 0.3 is 25.7 Å². The Morgan fingerprint density at radius 3 is 1.45 bits per heavy atom. The fourth-order valence-electron chi connectivity index (χ4n) is 6.17. The number of carboxylic acid groups (broad SMARTS) is 1. The third-order valence-corrected chi connectivity index (χ3v) is 10.7. The molecule has 0 aromatic carbocycles. The van der Waals surface area contributed by atoms with E-state index in [4.69, 9.17) is 23.6 Å². The van der Waals surface area contributed by atoms with Crippen LogP contribution in [0.3, 0.4) is 0 Å². The number of aliphatic carboxylic acids is 1. The van der Waals surface area contributed by atoms with Crippen LogP contribution in [-0.4, -0.2) is 66.3 Å². The van der Waals surface area contributed by atoms with Gasteiger partial charge in [-0.1, -0.05) is 141 Å². The fraction of sp³-hybridized carbons (Fsp3) is 0.822. The van der Waals surface area contributed by atoms with Crippen molar-refractivity contribution in [3.8, 4) is 0 Å². The number of carbonyl (C=O) groups is 4. The summed E-state index contributed by atoms with van der Waals surface area (Å²) in [6.45, 7) is 3.07. The van der Waals surface area contributed by atoms with Crippen molar-refractivity contribution in [1.29, 1.82) is 0 Å². The maximum Gasteiger partial charge on any atom is 0.472 e. The normalized spacial score (nSPS) is 13.2. The van der Waals surface area contributed by atoms with Crippen LogP contribution in [-0.2, 0) is 42.3 Å². The molecule has 0 heterocycles. The molecular weight excluding hydrogens is 761 g/mol. The van der Waals surface area contributed by atoms with Gasteiger partial charge in [-0.3, -0.25) is 28.2 Å². The summed E-state index contributed by atoms with van der Waals surface area (Å²) in [6.07, 6.45) is 37.5. The van der Waals surface area contributed by atoms with Crippen LogP contribution in [0.5, 0.6) is 0 Å². The number of phosphoric acid groups is 1. The molecule has 12 nitrogen and oxygen atoms in total. The Labute approximate surface area is 351 Å². The maximum atomic E-state index is 12.7. The quantitative estimate of drug-likeness (QED) is 0.0230. The second-order valence-corrected chi connectivity index (χ2v) is 16.8. The van der Waals surface area contributed by atoms with Crippen molar-refractivity contribution >= 4 is 31.6 Å². The molecule has 1 amide bonds. The molecule has 338 valence electrons. The Bertz CT molecular complexity index is 1130. The van der Waals surface area contributed by atoms with E-state index in [0.717, 1.165) is 77.0 Å². The molecule has 0 aliphatic heterocycles. The van der Waals surface area contributed by atoms with Crippen LogP contribution in [0, 0.1) is 0 Å². The van der Waals surface area contributed by atoms with Crippen molar-refractivity contribution in [3.63, 3.8) is 0 Å². The number of carboxylic acids is 1. The maximum absolute atomic E-state index is 12.7. The third-order valence-electron chi connectivity index (χ3n) is 9.68. The Balaban J connectivity index is 4.52. The molecule has 0 fully saturated rings. The Morgan fingerprint density at radius 1 is 0.552 bits per heavy atom. The van der Waals surface area contributed by atoms with E-state index in [1.807, 2.05) is 0 Å². The van der Waals surface area contributed by atoms with Crippen molar-refractivity contribution in [2.45, 2.75) is 213 Å². The van der Waals surface area contributed by atoms with Crippen LogP contribution in [0.15, 0.2) is 24.3 Å². The van der Waals surface area contributed by atoms with E-state index in [1.54, 1.807) is 0 Å². The molecule has 0 bridgehead atoms. The van der Waals surface area contributed by atoms with E-state index in [0.29, 0.717) is 12.8 Å². The topological polar surface area (TPSA) is 175 Å². The summed E-state index contributed by atoms with van der Waals surface area (Å²) in [7, 11) is -4.61. The zero-order valence-electron chi connectivity index (χ0n) is 36.4. The first-order chi connectivity index (χ1) is 28.1. The van der Waals surface area contributed by atoms with Gasteiger partial charge in [-0.15, -0.1) is 0 Å². The molecule has 2 unspecified atom stereocenters. The largest absolute Gasteiger partial charge is 0.481 e. The van der Waals surface area contributed by atoms with Crippen LogP contribution < -0.4 is 5.32 Å². The first kappa shape index (κ1) is 55.5. The van der Waals surface area contributed by atoms with Gasteiger partial charge in [0.1, 0.15) is 6.61 Å². The molecule has 0 aliphatic carbocycles. The SMILES string of the molecule is CCCCCCCC/C=C/CCCCCCCC(=O)OCC(COP(=O)(O)OCCNC(=O)CCC(=O)O)OC(=O)CCCCCCC/C=C/CCCCCCCC. The molecule has 3 N–H and O–H groups in total. The monoisotopic (exact) mass is 844 g/mol. The van der Waals surface area contributed by atoms with Crippen molar-refractivity contribution in [1.82, 2.24) is 5.32 Å². The number of amides is 1. The minimum Gasteiger partial charge on any atom is -0.481 e. The van der Waals surface area contributed by atoms with Crippen molar-refractivity contribution in [2.75, 3.05) is 26.4 Å². The lowest BCUT2D eigenvalue weighted by Gasteiger charge is -2.20. The van der Waals surface area contributed by atoms with Crippen LogP contribution in [0.25, 0.3) is 0 Å². The highest BCUT2D eigenvalue weighted by atomic mass is 31.2. The summed E-state index contributed by atoms with van der Waals surface area (Å²) in [5.41, 5.74) is 0. The molecule has 0 rings (SSSR count). The van der Waals surface area contributed by atoms with Crippen LogP contribution in [0.2, 0.25) is 0 Å². The van der Waals surface area contributed by atoms with E-state index < -0.39 is 44.3 Å². The first-order valence-corrected chi connectivity index (χ1v) is 24.3. The van der Waals surface area contributed by atoms with Crippen LogP contribution >= 0.6 is 7.82 Å². The number of nitrogens with one attached hydrogen (secondary N) is 1. The number of hydrogen-bond donors (Lipinski definition) is 3. The summed E-state index contributed by atoms with van der Waals surface area (Å²) < 4.78 is 33.3. The number of ether oxygens (including phenoxy) is 2. The van der Waals surface area contributed by atoms with Gasteiger partial charge < -0.3 is 24.8 Å². The molecular formula is C45H82NO11P. The van der Waals surface area contributed by atoms with Crippen LogP contribution in [0.4, 0.5) is 0 Å². The highest BCUT2D eigenvalue weighted by Gasteiger charge is 2.26. The molecule has 0 saturated carbocycles. The Kier molecular flexibility index (Phi) is 39.4. The van der Waals surface area contributed by atoms with E-state index in [-0.39, 0.29) is 45.4 Å². The standard InChI is InChI=1S/C45H82NO11P/c1-3-5-7-9-11-13-15-17-19-21-23-25-27-29-31-33-44(50)54-39-41(40-56-58(52,53)55-38-37-46-42(47)35-36-43(48)49)57-45(51)34-32-30-28-26-24-22-20-18-16-14-12-10-8-6-4-2/h17-20,41H,3-16,21-40H2,1-2H3,(H,46,47)(H,48,49)(H,52,53)/b19-17+,20-18+. The molecule has 0 saturated heterocycles. The first-order valence-electron chi connectivity index (χ1n) is 22.8. The van der Waals surface area contributed by atoms with Gasteiger partial charge in [0.15, 0.2) is 6.10 Å². The van der Waals surface area contributed by atoms with E-state index in [1.165, 1.54) is 77.0 Å². The second-order valence-electron chi connectivity index (χ2n) is 15.3. The third kappa shape index (κ3) is 41.6. The summed E-state index contributed by atoms with van der Waals surface area (Å²) >= 11 is 0. The van der Waals surface area contributed by atoms with Gasteiger partial charge in [-0.05, 0) is 64.2 Å². The number of allylic oxidation sites excluding steroid dienone is 4. The molecule has 0 aliphatic rings. The lowest BCUT2D eigenvalue weighted by atomic mass is 10.1. The van der Waals surface area contributed by atoms with Crippen molar-refractivity contribution in [2.24, 2.45) is 0 Å². The highest BCUT2D eigenvalue weighted by molar-refractivity contribution is 7.47. The highest BCUT2D eigenvalue weighted by Crippen LogP contribution is 2.43. The zero-order chi connectivity index (χ0) is 42.8. The summed E-state index contributed by atoms with van der Waals surface area (Å²) in [5.74, 6) is -2.62. The second kappa shape index (κ2) is 41.2. The van der Waals surface area contributed by atoms with E-state index in [2.05, 4.69) is 43.5 Å². The molecule has 58 heavy (non-hydrogen) atoms. The van der Waals surface area contributed by atoms with Gasteiger partial charge in [-0.2, -0.15) is 0 Å².